The minimum Gasteiger partial charge on any atom is -0.341 e. The molecule has 86 valence electrons. The molecule has 1 atom stereocenters. The molecule has 1 amide bonds. The van der Waals surface area contributed by atoms with Crippen LogP contribution in [0.2, 0.25) is 0 Å². The third kappa shape index (κ3) is 2.55. The van der Waals surface area contributed by atoms with Gasteiger partial charge in [-0.15, -0.1) is 11.6 Å². The first-order valence-electron chi connectivity index (χ1n) is 5.22. The van der Waals surface area contributed by atoms with Crippen LogP contribution in [-0.4, -0.2) is 28.9 Å². The molecule has 1 aliphatic heterocycles. The van der Waals surface area contributed by atoms with E-state index >= 15 is 0 Å². The van der Waals surface area contributed by atoms with E-state index < -0.39 is 5.38 Å². The summed E-state index contributed by atoms with van der Waals surface area (Å²) in [5.41, 5.74) is 0.743. The van der Waals surface area contributed by atoms with Crippen LogP contribution in [-0.2, 0) is 4.79 Å². The Hall–Kier alpha value is -0.610. The molecular formula is C11H12BrClN2O. The fourth-order valence-electron chi connectivity index (χ4n) is 1.81. The molecule has 1 saturated heterocycles. The van der Waals surface area contributed by atoms with Gasteiger partial charge in [-0.1, -0.05) is 0 Å². The fraction of sp³-hybridized carbons (Fsp3) is 0.455. The number of aromatic nitrogens is 1. The van der Waals surface area contributed by atoms with E-state index in [-0.39, 0.29) is 5.91 Å². The number of nitrogens with zero attached hydrogens (tertiary/aromatic N) is 2. The van der Waals surface area contributed by atoms with E-state index in [1.54, 1.807) is 12.4 Å². The van der Waals surface area contributed by atoms with Crippen molar-refractivity contribution in [2.45, 2.75) is 18.2 Å². The predicted octanol–water partition coefficient (Wildman–Crippen LogP) is 2.75. The highest BCUT2D eigenvalue weighted by atomic mass is 79.9. The van der Waals surface area contributed by atoms with Crippen molar-refractivity contribution < 1.29 is 4.79 Å². The fourth-order valence-corrected chi connectivity index (χ4v) is 2.45. The maximum absolute atomic E-state index is 12.0. The van der Waals surface area contributed by atoms with E-state index in [9.17, 15) is 4.79 Å². The lowest BCUT2D eigenvalue weighted by Crippen LogP contribution is -2.30. The molecule has 0 saturated carbocycles. The lowest BCUT2D eigenvalue weighted by molar-refractivity contribution is -0.129. The van der Waals surface area contributed by atoms with E-state index in [0.29, 0.717) is 0 Å². The molecule has 0 aromatic carbocycles. The zero-order valence-corrected chi connectivity index (χ0v) is 11.0. The number of likely N-dealkylation sites (tertiary alicyclic amines) is 1. The SMILES string of the molecule is O=C(C(Cl)c1cncc(Br)c1)N1CCCC1. The van der Waals surface area contributed by atoms with Crippen molar-refractivity contribution >= 4 is 33.4 Å². The summed E-state index contributed by atoms with van der Waals surface area (Å²) in [6, 6.07) is 1.83. The van der Waals surface area contributed by atoms with Crippen LogP contribution in [0, 0.1) is 0 Å². The molecule has 0 bridgehead atoms. The first-order valence-corrected chi connectivity index (χ1v) is 6.45. The van der Waals surface area contributed by atoms with Gasteiger partial charge in [0.15, 0.2) is 0 Å². The third-order valence-electron chi connectivity index (χ3n) is 2.65. The number of rotatable bonds is 2. The van der Waals surface area contributed by atoms with Crippen molar-refractivity contribution in [3.8, 4) is 0 Å². The number of alkyl halides is 1. The number of halogens is 2. The molecular weight excluding hydrogens is 291 g/mol. The van der Waals surface area contributed by atoms with Crippen molar-refractivity contribution in [3.63, 3.8) is 0 Å². The summed E-state index contributed by atoms with van der Waals surface area (Å²) < 4.78 is 0.838. The van der Waals surface area contributed by atoms with Crippen LogP contribution in [0.4, 0.5) is 0 Å². The zero-order chi connectivity index (χ0) is 11.5. The molecule has 1 aromatic rings. The average molecular weight is 304 g/mol. The normalized spacial score (nSPS) is 17.5. The van der Waals surface area contributed by atoms with Crippen molar-refractivity contribution in [2.75, 3.05) is 13.1 Å². The number of pyridine rings is 1. The van der Waals surface area contributed by atoms with E-state index in [0.717, 1.165) is 36.0 Å². The molecule has 2 heterocycles. The maximum Gasteiger partial charge on any atom is 0.245 e. The molecule has 0 aliphatic carbocycles. The predicted molar refractivity (Wildman–Crippen MR) is 66.3 cm³/mol. The van der Waals surface area contributed by atoms with Crippen LogP contribution < -0.4 is 0 Å². The highest BCUT2D eigenvalue weighted by Gasteiger charge is 2.26. The van der Waals surface area contributed by atoms with Crippen LogP contribution in [0.5, 0.6) is 0 Å². The van der Waals surface area contributed by atoms with Gasteiger partial charge in [-0.3, -0.25) is 9.78 Å². The molecule has 2 rings (SSSR count). The van der Waals surface area contributed by atoms with Gasteiger partial charge in [-0.2, -0.15) is 0 Å². The Labute approximate surface area is 108 Å². The molecule has 3 nitrogen and oxygen atoms in total. The first kappa shape index (κ1) is 11.9. The molecule has 0 N–H and O–H groups in total. The first-order chi connectivity index (χ1) is 7.68. The minimum atomic E-state index is -0.622. The molecule has 1 fully saturated rings. The van der Waals surface area contributed by atoms with Crippen LogP contribution in [0.3, 0.4) is 0 Å². The number of hydrogen-bond donors (Lipinski definition) is 0. The Kier molecular flexibility index (Phi) is 3.82. The molecule has 0 radical (unpaired) electrons. The molecule has 16 heavy (non-hydrogen) atoms. The smallest absolute Gasteiger partial charge is 0.245 e. The van der Waals surface area contributed by atoms with Gasteiger partial charge in [0.1, 0.15) is 5.38 Å². The summed E-state index contributed by atoms with van der Waals surface area (Å²) in [6.45, 7) is 1.65. The van der Waals surface area contributed by atoms with Gasteiger partial charge in [0.25, 0.3) is 0 Å². The maximum atomic E-state index is 12.0. The Morgan fingerprint density at radius 1 is 1.44 bits per heavy atom. The van der Waals surface area contributed by atoms with Crippen molar-refractivity contribution in [1.82, 2.24) is 9.88 Å². The quantitative estimate of drug-likeness (QED) is 0.787. The zero-order valence-electron chi connectivity index (χ0n) is 8.70. The monoisotopic (exact) mass is 302 g/mol. The van der Waals surface area contributed by atoms with Crippen LogP contribution in [0.25, 0.3) is 0 Å². The summed E-state index contributed by atoms with van der Waals surface area (Å²) in [5.74, 6) is -0.0148. The second kappa shape index (κ2) is 5.15. The molecule has 1 aromatic heterocycles. The van der Waals surface area contributed by atoms with E-state index in [1.165, 1.54) is 0 Å². The molecule has 5 heteroatoms. The van der Waals surface area contributed by atoms with Gasteiger partial charge in [0.2, 0.25) is 5.91 Å². The van der Waals surface area contributed by atoms with Gasteiger partial charge >= 0.3 is 0 Å². The second-order valence-corrected chi connectivity index (χ2v) is 5.18. The van der Waals surface area contributed by atoms with E-state index in [2.05, 4.69) is 20.9 Å². The van der Waals surface area contributed by atoms with Crippen LogP contribution in [0.15, 0.2) is 22.9 Å². The highest BCUT2D eigenvalue weighted by Crippen LogP contribution is 2.26. The lowest BCUT2D eigenvalue weighted by atomic mass is 10.2. The van der Waals surface area contributed by atoms with E-state index in [1.807, 2.05) is 11.0 Å². The second-order valence-electron chi connectivity index (χ2n) is 3.83. The summed E-state index contributed by atoms with van der Waals surface area (Å²) in [4.78, 5) is 17.8. The van der Waals surface area contributed by atoms with Gasteiger partial charge in [-0.25, -0.2) is 0 Å². The average Bonchev–Trinajstić information content (AvgIpc) is 2.80. The number of hydrogen-bond acceptors (Lipinski definition) is 2. The lowest BCUT2D eigenvalue weighted by Gasteiger charge is -2.18. The summed E-state index contributed by atoms with van der Waals surface area (Å²) in [5, 5.41) is -0.622. The number of amides is 1. The van der Waals surface area contributed by atoms with Gasteiger partial charge in [-0.05, 0) is 40.4 Å². The topological polar surface area (TPSA) is 33.2 Å². The number of carbonyl (C=O) groups excluding carboxylic acids is 1. The molecule has 1 unspecified atom stereocenters. The molecule has 1 aliphatic rings. The Bertz CT molecular complexity index is 393. The Morgan fingerprint density at radius 2 is 2.12 bits per heavy atom. The van der Waals surface area contributed by atoms with Crippen LogP contribution >= 0.6 is 27.5 Å². The standard InChI is InChI=1S/C11H12BrClN2O/c12-9-5-8(6-14-7-9)10(13)11(16)15-3-1-2-4-15/h5-7,10H,1-4H2. The van der Waals surface area contributed by atoms with Gasteiger partial charge < -0.3 is 4.90 Å². The van der Waals surface area contributed by atoms with Crippen LogP contribution in [0.1, 0.15) is 23.8 Å². The third-order valence-corrected chi connectivity index (χ3v) is 3.53. The summed E-state index contributed by atoms with van der Waals surface area (Å²) in [7, 11) is 0. The Balaban J connectivity index is 2.11. The minimum absolute atomic E-state index is 0.0148. The summed E-state index contributed by atoms with van der Waals surface area (Å²) in [6.07, 6.45) is 5.46. The molecule has 0 spiro atoms. The van der Waals surface area contributed by atoms with Crippen molar-refractivity contribution in [1.29, 1.82) is 0 Å². The summed E-state index contributed by atoms with van der Waals surface area (Å²) >= 11 is 9.47. The number of carbonyl (C=O) groups is 1. The van der Waals surface area contributed by atoms with E-state index in [4.69, 9.17) is 11.6 Å². The van der Waals surface area contributed by atoms with Crippen molar-refractivity contribution in [3.05, 3.63) is 28.5 Å². The largest absolute Gasteiger partial charge is 0.341 e. The van der Waals surface area contributed by atoms with Gasteiger partial charge in [0, 0.05) is 30.0 Å². The Morgan fingerprint density at radius 3 is 2.75 bits per heavy atom. The van der Waals surface area contributed by atoms with Gasteiger partial charge in [0.05, 0.1) is 0 Å². The van der Waals surface area contributed by atoms with Crippen molar-refractivity contribution in [2.24, 2.45) is 0 Å². The highest BCUT2D eigenvalue weighted by molar-refractivity contribution is 9.10.